The van der Waals surface area contributed by atoms with Gasteiger partial charge in [-0.2, -0.15) is 5.10 Å². The van der Waals surface area contributed by atoms with Crippen LogP contribution in [0.3, 0.4) is 0 Å². The first-order valence-corrected chi connectivity index (χ1v) is 7.53. The van der Waals surface area contributed by atoms with E-state index in [0.717, 1.165) is 24.2 Å². The molecule has 1 aliphatic rings. The summed E-state index contributed by atoms with van der Waals surface area (Å²) < 4.78 is 5.70. The molecule has 1 heterocycles. The van der Waals surface area contributed by atoms with Crippen LogP contribution in [0.4, 0.5) is 0 Å². The van der Waals surface area contributed by atoms with Crippen LogP contribution in [0.5, 0.6) is 5.75 Å². The number of hydrogen-bond acceptors (Lipinski definition) is 5. The Balaban J connectivity index is 1.99. The number of nitrogens with one attached hydrogen (secondary N) is 1. The average molecular weight is 291 g/mol. The van der Waals surface area contributed by atoms with Gasteiger partial charge in [-0.25, -0.2) is 0 Å². The zero-order valence-electron chi connectivity index (χ0n) is 11.3. The first-order chi connectivity index (χ1) is 9.79. The van der Waals surface area contributed by atoms with Crippen molar-refractivity contribution >= 4 is 29.1 Å². The normalized spacial score (nSPS) is 16.9. The molecule has 5 nitrogen and oxygen atoms in total. The van der Waals surface area contributed by atoms with Gasteiger partial charge in [-0.3, -0.25) is 4.79 Å². The van der Waals surface area contributed by atoms with Crippen LogP contribution < -0.4 is 10.1 Å². The summed E-state index contributed by atoms with van der Waals surface area (Å²) in [5.41, 5.74) is 0.877. The summed E-state index contributed by atoms with van der Waals surface area (Å²) in [5, 5.41) is 11.1. The Hall–Kier alpha value is -1.82. The van der Waals surface area contributed by atoms with Crippen molar-refractivity contribution < 1.29 is 9.53 Å². The molecule has 0 bridgehead atoms. The van der Waals surface area contributed by atoms with Gasteiger partial charge in [0.2, 0.25) is 5.91 Å². The van der Waals surface area contributed by atoms with Gasteiger partial charge in [0.05, 0.1) is 18.6 Å². The molecule has 1 N–H and O–H groups in total. The van der Waals surface area contributed by atoms with E-state index in [-0.39, 0.29) is 5.91 Å². The van der Waals surface area contributed by atoms with Crippen LogP contribution in [0, 0.1) is 0 Å². The molecule has 0 unspecified atom stereocenters. The monoisotopic (exact) mass is 291 g/mol. The molecule has 0 aromatic heterocycles. The fraction of sp³-hybridized carbons (Fsp3) is 0.357. The molecule has 0 spiro atoms. The zero-order chi connectivity index (χ0) is 14.2. The van der Waals surface area contributed by atoms with Crippen LogP contribution in [-0.2, 0) is 4.79 Å². The van der Waals surface area contributed by atoms with Gasteiger partial charge in [0.15, 0.2) is 5.17 Å². The van der Waals surface area contributed by atoms with E-state index in [1.165, 1.54) is 11.8 Å². The number of thioether (sulfide) groups is 1. The van der Waals surface area contributed by atoms with Crippen LogP contribution in [0.15, 0.2) is 34.5 Å². The highest BCUT2D eigenvalue weighted by Crippen LogP contribution is 2.16. The van der Waals surface area contributed by atoms with E-state index in [2.05, 4.69) is 22.4 Å². The highest BCUT2D eigenvalue weighted by molar-refractivity contribution is 8.15. The van der Waals surface area contributed by atoms with E-state index in [1.54, 1.807) is 6.21 Å². The van der Waals surface area contributed by atoms with Crippen molar-refractivity contribution in [3.05, 3.63) is 29.8 Å². The Morgan fingerprint density at radius 1 is 1.45 bits per heavy atom. The molecule has 1 saturated heterocycles. The average Bonchev–Trinajstić information content (AvgIpc) is 2.86. The fourth-order valence-electron chi connectivity index (χ4n) is 1.57. The second kappa shape index (κ2) is 7.69. The zero-order valence-corrected chi connectivity index (χ0v) is 12.2. The van der Waals surface area contributed by atoms with Crippen LogP contribution >= 0.6 is 11.8 Å². The van der Waals surface area contributed by atoms with E-state index in [4.69, 9.17) is 4.74 Å². The lowest BCUT2D eigenvalue weighted by molar-refractivity contribution is -0.116. The number of carbonyl (C=O) groups is 1. The van der Waals surface area contributed by atoms with Crippen molar-refractivity contribution in [3.63, 3.8) is 0 Å². The highest BCUT2D eigenvalue weighted by Gasteiger charge is 2.15. The minimum absolute atomic E-state index is 0.0350. The quantitative estimate of drug-likeness (QED) is 0.497. The molecule has 106 valence electrons. The Morgan fingerprint density at radius 2 is 2.30 bits per heavy atom. The summed E-state index contributed by atoms with van der Waals surface area (Å²) in [7, 11) is 0. The Kier molecular flexibility index (Phi) is 5.61. The number of carbonyl (C=O) groups excluding carboxylic acids is 1. The molecule has 20 heavy (non-hydrogen) atoms. The maximum Gasteiger partial charge on any atom is 0.236 e. The molecule has 0 radical (unpaired) electrons. The molecule has 1 aromatic rings. The second-order valence-corrected chi connectivity index (χ2v) is 5.19. The first-order valence-electron chi connectivity index (χ1n) is 6.55. The van der Waals surface area contributed by atoms with Crippen molar-refractivity contribution in [2.45, 2.75) is 19.8 Å². The molecule has 2 rings (SSSR count). The Labute approximate surface area is 122 Å². The third-order valence-corrected chi connectivity index (χ3v) is 3.47. The molecule has 0 saturated carbocycles. The summed E-state index contributed by atoms with van der Waals surface area (Å²) in [6.07, 6.45) is 3.76. The molecule has 0 aliphatic carbocycles. The third kappa shape index (κ3) is 4.38. The minimum Gasteiger partial charge on any atom is -0.493 e. The van der Waals surface area contributed by atoms with Gasteiger partial charge in [0, 0.05) is 5.56 Å². The lowest BCUT2D eigenvalue weighted by Gasteiger charge is -2.07. The van der Waals surface area contributed by atoms with Crippen molar-refractivity contribution in [2.24, 2.45) is 10.2 Å². The van der Waals surface area contributed by atoms with Gasteiger partial charge >= 0.3 is 0 Å². The van der Waals surface area contributed by atoms with Gasteiger partial charge in [0.1, 0.15) is 5.75 Å². The number of amides is 1. The topological polar surface area (TPSA) is 63.1 Å². The van der Waals surface area contributed by atoms with Crippen LogP contribution in [0.1, 0.15) is 25.3 Å². The lowest BCUT2D eigenvalue weighted by atomic mass is 10.2. The maximum atomic E-state index is 11.0. The van der Waals surface area contributed by atoms with E-state index in [0.29, 0.717) is 17.5 Å². The Morgan fingerprint density at radius 3 is 3.05 bits per heavy atom. The molecule has 1 aliphatic heterocycles. The van der Waals surface area contributed by atoms with Crippen LogP contribution in [0.2, 0.25) is 0 Å². The van der Waals surface area contributed by atoms with Crippen molar-refractivity contribution in [3.8, 4) is 5.75 Å². The van der Waals surface area contributed by atoms with E-state index in [1.807, 2.05) is 24.3 Å². The summed E-state index contributed by atoms with van der Waals surface area (Å²) in [6, 6.07) is 7.69. The van der Waals surface area contributed by atoms with Gasteiger partial charge in [-0.05, 0) is 18.6 Å². The maximum absolute atomic E-state index is 11.0. The smallest absolute Gasteiger partial charge is 0.236 e. The number of para-hydroxylation sites is 1. The summed E-state index contributed by atoms with van der Waals surface area (Å²) >= 11 is 1.35. The number of benzene rings is 1. The number of nitrogens with zero attached hydrogens (tertiary/aromatic N) is 2. The van der Waals surface area contributed by atoms with Crippen molar-refractivity contribution in [1.82, 2.24) is 5.32 Å². The van der Waals surface area contributed by atoms with Gasteiger partial charge in [0.25, 0.3) is 0 Å². The van der Waals surface area contributed by atoms with Crippen molar-refractivity contribution in [1.29, 1.82) is 0 Å². The summed E-state index contributed by atoms with van der Waals surface area (Å²) in [6.45, 7) is 2.82. The molecule has 6 heteroatoms. The SMILES string of the molecule is CCCCOc1ccccc1C=NN=C1NC(=O)CS1. The lowest BCUT2D eigenvalue weighted by Crippen LogP contribution is -2.19. The number of unbranched alkanes of at least 4 members (excludes halogenated alkanes) is 1. The summed E-state index contributed by atoms with van der Waals surface area (Å²) in [5.74, 6) is 1.17. The standard InChI is InChI=1S/C14H17N3O2S/c1-2-3-8-19-12-7-5-4-6-11(12)9-15-17-14-16-13(18)10-20-14/h4-7,9H,2-3,8,10H2,1H3,(H,16,17,18). The fourth-order valence-corrected chi connectivity index (χ4v) is 2.20. The van der Waals surface area contributed by atoms with Crippen LogP contribution in [-0.4, -0.2) is 29.6 Å². The Bertz CT molecular complexity index is 529. The molecule has 1 aromatic carbocycles. The first kappa shape index (κ1) is 14.6. The van der Waals surface area contributed by atoms with Gasteiger partial charge < -0.3 is 10.1 Å². The predicted molar refractivity (Wildman–Crippen MR) is 82.5 cm³/mol. The number of hydrogen-bond donors (Lipinski definition) is 1. The molecule has 0 atom stereocenters. The number of ether oxygens (including phenoxy) is 1. The molecular formula is C14H17N3O2S. The molecular weight excluding hydrogens is 274 g/mol. The third-order valence-electron chi connectivity index (χ3n) is 2.61. The molecule has 1 amide bonds. The highest BCUT2D eigenvalue weighted by atomic mass is 32.2. The van der Waals surface area contributed by atoms with Crippen LogP contribution in [0.25, 0.3) is 0 Å². The van der Waals surface area contributed by atoms with E-state index in [9.17, 15) is 4.79 Å². The largest absolute Gasteiger partial charge is 0.493 e. The van der Waals surface area contributed by atoms with E-state index < -0.39 is 0 Å². The number of rotatable bonds is 6. The van der Waals surface area contributed by atoms with Crippen molar-refractivity contribution in [2.75, 3.05) is 12.4 Å². The molecule has 1 fully saturated rings. The second-order valence-electron chi connectivity index (χ2n) is 4.23. The minimum atomic E-state index is -0.0350. The number of amidine groups is 1. The summed E-state index contributed by atoms with van der Waals surface area (Å²) in [4.78, 5) is 11.0. The van der Waals surface area contributed by atoms with Gasteiger partial charge in [-0.15, -0.1) is 5.10 Å². The predicted octanol–water partition coefficient (Wildman–Crippen LogP) is 2.42. The van der Waals surface area contributed by atoms with E-state index >= 15 is 0 Å². The van der Waals surface area contributed by atoms with Gasteiger partial charge in [-0.1, -0.05) is 37.2 Å².